The SMILES string of the molecule is CNC(=O)c1ccc(N2CCC(N3CCC(c4nc5cnccc5c(=O)[nH]4)C3)CC2)cn1. The molecule has 9 nitrogen and oxygen atoms in total. The molecule has 2 aliphatic heterocycles. The van der Waals surface area contributed by atoms with Crippen LogP contribution in [-0.4, -0.2) is 70.0 Å². The van der Waals surface area contributed by atoms with Gasteiger partial charge in [-0.05, 0) is 44.0 Å². The number of likely N-dealkylation sites (tertiary alicyclic amines) is 1. The van der Waals surface area contributed by atoms with Crippen molar-refractivity contribution in [2.24, 2.45) is 0 Å². The molecule has 2 fully saturated rings. The normalized spacial score (nSPS) is 20.0. The lowest BCUT2D eigenvalue weighted by atomic mass is 10.0. The first kappa shape index (κ1) is 20.6. The van der Waals surface area contributed by atoms with Gasteiger partial charge in [-0.3, -0.25) is 19.5 Å². The van der Waals surface area contributed by atoms with Crippen LogP contribution in [0.1, 0.15) is 41.5 Å². The molecule has 0 bridgehead atoms. The second-order valence-corrected chi connectivity index (χ2v) is 8.52. The first-order valence-corrected chi connectivity index (χ1v) is 11.1. The van der Waals surface area contributed by atoms with Crippen molar-refractivity contribution in [2.75, 3.05) is 38.1 Å². The number of hydrogen-bond acceptors (Lipinski definition) is 7. The van der Waals surface area contributed by atoms with Crippen molar-refractivity contribution < 1.29 is 4.79 Å². The van der Waals surface area contributed by atoms with E-state index in [-0.39, 0.29) is 17.4 Å². The fourth-order valence-electron chi connectivity index (χ4n) is 4.87. The monoisotopic (exact) mass is 433 g/mol. The lowest BCUT2D eigenvalue weighted by Crippen LogP contribution is -2.44. The van der Waals surface area contributed by atoms with E-state index in [9.17, 15) is 9.59 Å². The topological polar surface area (TPSA) is 107 Å². The van der Waals surface area contributed by atoms with Gasteiger partial charge in [0.15, 0.2) is 0 Å². The fraction of sp³-hybridized carbons (Fsp3) is 0.435. The van der Waals surface area contributed by atoms with Crippen LogP contribution in [0.4, 0.5) is 5.69 Å². The fourth-order valence-corrected chi connectivity index (χ4v) is 4.87. The molecule has 3 aromatic rings. The summed E-state index contributed by atoms with van der Waals surface area (Å²) in [5.41, 5.74) is 2.07. The largest absolute Gasteiger partial charge is 0.370 e. The average molecular weight is 434 g/mol. The summed E-state index contributed by atoms with van der Waals surface area (Å²) in [7, 11) is 1.61. The number of H-pyrrole nitrogens is 1. The Bertz CT molecular complexity index is 1170. The van der Waals surface area contributed by atoms with E-state index in [2.05, 4.69) is 35.1 Å². The number of piperidine rings is 1. The minimum absolute atomic E-state index is 0.0878. The van der Waals surface area contributed by atoms with Crippen LogP contribution < -0.4 is 15.8 Å². The van der Waals surface area contributed by atoms with Gasteiger partial charge in [-0.1, -0.05) is 0 Å². The molecular formula is C23H27N7O2. The van der Waals surface area contributed by atoms with E-state index in [4.69, 9.17) is 0 Å². The van der Waals surface area contributed by atoms with Gasteiger partial charge >= 0.3 is 0 Å². The number of amides is 1. The number of anilines is 1. The van der Waals surface area contributed by atoms with E-state index in [1.165, 1.54) is 0 Å². The number of aromatic amines is 1. The molecule has 166 valence electrons. The number of rotatable bonds is 4. The third-order valence-electron chi connectivity index (χ3n) is 6.69. The zero-order valence-corrected chi connectivity index (χ0v) is 18.1. The van der Waals surface area contributed by atoms with E-state index in [1.54, 1.807) is 37.8 Å². The number of fused-ring (bicyclic) bond motifs is 1. The van der Waals surface area contributed by atoms with Gasteiger partial charge < -0.3 is 15.2 Å². The Kier molecular flexibility index (Phi) is 5.57. The second kappa shape index (κ2) is 8.66. The Morgan fingerprint density at radius 2 is 1.97 bits per heavy atom. The molecule has 0 saturated carbocycles. The summed E-state index contributed by atoms with van der Waals surface area (Å²) in [5, 5.41) is 3.18. The lowest BCUT2D eigenvalue weighted by Gasteiger charge is -2.37. The number of hydrogen-bond donors (Lipinski definition) is 2. The van der Waals surface area contributed by atoms with Crippen molar-refractivity contribution in [3.05, 3.63) is 58.7 Å². The number of carbonyl (C=O) groups excluding carboxylic acids is 1. The third kappa shape index (κ3) is 3.95. The van der Waals surface area contributed by atoms with Gasteiger partial charge in [-0.2, -0.15) is 0 Å². The lowest BCUT2D eigenvalue weighted by molar-refractivity contribution is 0.0958. The molecule has 0 aliphatic carbocycles. The molecule has 5 rings (SSSR count). The Morgan fingerprint density at radius 3 is 2.72 bits per heavy atom. The highest BCUT2D eigenvalue weighted by molar-refractivity contribution is 5.92. The van der Waals surface area contributed by atoms with Gasteiger partial charge in [0.05, 0.1) is 29.0 Å². The van der Waals surface area contributed by atoms with Crippen molar-refractivity contribution in [1.29, 1.82) is 0 Å². The molecule has 0 spiro atoms. The minimum Gasteiger partial charge on any atom is -0.370 e. The van der Waals surface area contributed by atoms with E-state index < -0.39 is 0 Å². The van der Waals surface area contributed by atoms with E-state index in [0.29, 0.717) is 22.6 Å². The average Bonchev–Trinajstić information content (AvgIpc) is 3.34. The van der Waals surface area contributed by atoms with Crippen LogP contribution in [0.5, 0.6) is 0 Å². The quantitative estimate of drug-likeness (QED) is 0.643. The highest BCUT2D eigenvalue weighted by atomic mass is 16.1. The zero-order chi connectivity index (χ0) is 22.1. The Hall–Kier alpha value is -3.33. The van der Waals surface area contributed by atoms with Crippen LogP contribution in [0, 0.1) is 0 Å². The van der Waals surface area contributed by atoms with E-state index in [1.807, 2.05) is 6.07 Å². The summed E-state index contributed by atoms with van der Waals surface area (Å²) in [6.45, 7) is 3.86. The van der Waals surface area contributed by atoms with Gasteiger partial charge in [-0.25, -0.2) is 9.97 Å². The summed E-state index contributed by atoms with van der Waals surface area (Å²) in [6, 6.07) is 5.99. The molecule has 1 unspecified atom stereocenters. The summed E-state index contributed by atoms with van der Waals surface area (Å²) >= 11 is 0. The molecule has 3 aromatic heterocycles. The molecule has 5 heterocycles. The zero-order valence-electron chi connectivity index (χ0n) is 18.1. The molecular weight excluding hydrogens is 406 g/mol. The summed E-state index contributed by atoms with van der Waals surface area (Å²) in [5.74, 6) is 0.849. The summed E-state index contributed by atoms with van der Waals surface area (Å²) in [6.07, 6.45) is 8.22. The first-order valence-electron chi connectivity index (χ1n) is 11.1. The number of nitrogens with one attached hydrogen (secondary N) is 2. The Labute approximate surface area is 185 Å². The Balaban J connectivity index is 1.20. The van der Waals surface area contributed by atoms with Crippen LogP contribution in [0.2, 0.25) is 0 Å². The van der Waals surface area contributed by atoms with Gasteiger partial charge in [-0.15, -0.1) is 0 Å². The van der Waals surface area contributed by atoms with Crippen LogP contribution in [0.15, 0.2) is 41.6 Å². The number of aromatic nitrogens is 4. The number of carbonyl (C=O) groups is 1. The molecule has 2 saturated heterocycles. The van der Waals surface area contributed by atoms with Crippen molar-refractivity contribution in [2.45, 2.75) is 31.2 Å². The minimum atomic E-state index is -0.169. The molecule has 1 amide bonds. The number of pyridine rings is 2. The smallest absolute Gasteiger partial charge is 0.269 e. The van der Waals surface area contributed by atoms with E-state index >= 15 is 0 Å². The van der Waals surface area contributed by atoms with Gasteiger partial charge in [0.1, 0.15) is 11.5 Å². The van der Waals surface area contributed by atoms with Crippen molar-refractivity contribution in [3.63, 3.8) is 0 Å². The maximum Gasteiger partial charge on any atom is 0.269 e. The van der Waals surface area contributed by atoms with Crippen molar-refractivity contribution >= 4 is 22.5 Å². The van der Waals surface area contributed by atoms with Gasteiger partial charge in [0, 0.05) is 44.8 Å². The second-order valence-electron chi connectivity index (χ2n) is 8.52. The first-order chi connectivity index (χ1) is 15.6. The molecule has 2 N–H and O–H groups in total. The summed E-state index contributed by atoms with van der Waals surface area (Å²) < 4.78 is 0. The highest BCUT2D eigenvalue weighted by Crippen LogP contribution is 2.30. The van der Waals surface area contributed by atoms with Gasteiger partial charge in [0.2, 0.25) is 0 Å². The van der Waals surface area contributed by atoms with E-state index in [0.717, 1.165) is 57.0 Å². The number of nitrogens with zero attached hydrogens (tertiary/aromatic N) is 5. The summed E-state index contributed by atoms with van der Waals surface area (Å²) in [4.78, 5) is 45.1. The van der Waals surface area contributed by atoms with Crippen LogP contribution in [0.25, 0.3) is 10.9 Å². The maximum atomic E-state index is 12.4. The molecule has 32 heavy (non-hydrogen) atoms. The molecule has 0 radical (unpaired) electrons. The molecule has 2 aliphatic rings. The highest BCUT2D eigenvalue weighted by Gasteiger charge is 2.32. The van der Waals surface area contributed by atoms with Crippen LogP contribution in [-0.2, 0) is 0 Å². The van der Waals surface area contributed by atoms with Crippen LogP contribution in [0.3, 0.4) is 0 Å². The maximum absolute atomic E-state index is 12.4. The molecule has 1 atom stereocenters. The van der Waals surface area contributed by atoms with Crippen LogP contribution >= 0.6 is 0 Å². The van der Waals surface area contributed by atoms with Gasteiger partial charge in [0.25, 0.3) is 11.5 Å². The predicted molar refractivity (Wildman–Crippen MR) is 122 cm³/mol. The van der Waals surface area contributed by atoms with Crippen molar-refractivity contribution in [1.82, 2.24) is 30.2 Å². The van der Waals surface area contributed by atoms with Crippen molar-refractivity contribution in [3.8, 4) is 0 Å². The third-order valence-corrected chi connectivity index (χ3v) is 6.69. The molecule has 0 aromatic carbocycles. The predicted octanol–water partition coefficient (Wildman–Crippen LogP) is 1.53. The standard InChI is InChI=1S/C23H27N7O2/c1-24-23(32)19-3-2-17(12-26-19)29-10-6-16(7-11-29)30-9-5-15(14-30)21-27-20-13-25-8-4-18(20)22(31)28-21/h2-4,8,12-13,15-16H,5-7,9-11,14H2,1H3,(H,24,32)(H,27,28,31). The molecule has 9 heteroatoms. The Morgan fingerprint density at radius 1 is 1.12 bits per heavy atom.